The number of benzene rings is 3. The van der Waals surface area contributed by atoms with Crippen molar-refractivity contribution in [1.29, 1.82) is 0 Å². The molecular weight excluding hydrogens is 427 g/mol. The van der Waals surface area contributed by atoms with E-state index in [1.165, 1.54) is 11.1 Å². The van der Waals surface area contributed by atoms with Crippen LogP contribution < -0.4 is 0 Å². The first-order valence-electron chi connectivity index (χ1n) is 11.2. The first-order valence-corrected chi connectivity index (χ1v) is 13.1. The molecule has 3 aromatic rings. The second-order valence-corrected chi connectivity index (χ2v) is 9.93. The van der Waals surface area contributed by atoms with Crippen molar-refractivity contribution in [1.82, 2.24) is 0 Å². The average molecular weight is 459 g/mol. The summed E-state index contributed by atoms with van der Waals surface area (Å²) in [6.45, 7) is 0. The second-order valence-electron chi connectivity index (χ2n) is 8.54. The van der Waals surface area contributed by atoms with Gasteiger partial charge in [0.15, 0.2) is 0 Å². The molecule has 3 heteroatoms. The van der Waals surface area contributed by atoms with Crippen LogP contribution in [0.1, 0.15) is 29.5 Å². The lowest BCUT2D eigenvalue weighted by Gasteiger charge is -2.48. The van der Waals surface area contributed by atoms with E-state index in [1.807, 2.05) is 48.2 Å². The number of rotatable bonds is 10. The fraction of sp³-hybridized carbons (Fsp3) is 0.241. The zero-order chi connectivity index (χ0) is 22.3. The Bertz CT molecular complexity index is 1010. The first kappa shape index (κ1) is 23.1. The molecule has 164 valence electrons. The van der Waals surface area contributed by atoms with Gasteiger partial charge in [-0.15, -0.1) is 9.24 Å². The molecule has 2 unspecified atom stereocenters. The molecule has 32 heavy (non-hydrogen) atoms. The highest BCUT2D eigenvalue weighted by molar-refractivity contribution is 7.98. The van der Waals surface area contributed by atoms with Gasteiger partial charge in [-0.2, -0.15) is 11.8 Å². The van der Waals surface area contributed by atoms with Crippen LogP contribution in [-0.4, -0.2) is 17.0 Å². The summed E-state index contributed by atoms with van der Waals surface area (Å²) in [4.78, 5) is 0. The van der Waals surface area contributed by atoms with Gasteiger partial charge in [-0.1, -0.05) is 115 Å². The molecule has 4 rings (SSSR count). The summed E-state index contributed by atoms with van der Waals surface area (Å²) in [6.07, 6.45) is 9.20. The lowest BCUT2D eigenvalue weighted by molar-refractivity contribution is -0.0309. The van der Waals surface area contributed by atoms with E-state index in [4.69, 9.17) is 0 Å². The number of allylic oxidation sites excluding steroid dienone is 4. The molecule has 0 amide bonds. The minimum atomic E-state index is -1.11. The fourth-order valence-corrected chi connectivity index (χ4v) is 6.84. The number of thioether (sulfide) groups is 1. The Labute approximate surface area is 198 Å². The molecule has 1 aliphatic rings. The monoisotopic (exact) mass is 458 g/mol. The van der Waals surface area contributed by atoms with E-state index in [0.29, 0.717) is 0 Å². The van der Waals surface area contributed by atoms with E-state index in [0.717, 1.165) is 41.6 Å². The summed E-state index contributed by atoms with van der Waals surface area (Å²) >= 11 is 1.92. The van der Waals surface area contributed by atoms with Crippen LogP contribution >= 0.6 is 21.0 Å². The van der Waals surface area contributed by atoms with Crippen LogP contribution in [0.5, 0.6) is 0 Å². The second kappa shape index (κ2) is 10.7. The van der Waals surface area contributed by atoms with Gasteiger partial charge in [-0.25, -0.2) is 0 Å². The van der Waals surface area contributed by atoms with Crippen LogP contribution in [0.2, 0.25) is 0 Å². The predicted octanol–water partition coefficient (Wildman–Crippen LogP) is 6.99. The molecule has 0 aliphatic heterocycles. The maximum Gasteiger partial charge on any atom is 0.122 e. The van der Waals surface area contributed by atoms with Crippen molar-refractivity contribution in [3.63, 3.8) is 0 Å². The van der Waals surface area contributed by atoms with Gasteiger partial charge in [0.25, 0.3) is 0 Å². The molecule has 0 bridgehead atoms. The molecule has 2 atom stereocenters. The lowest BCUT2D eigenvalue weighted by atomic mass is 9.64. The summed E-state index contributed by atoms with van der Waals surface area (Å²) in [5, 5.41) is 12.7. The Balaban J connectivity index is 1.77. The highest BCUT2D eigenvalue weighted by Crippen LogP contribution is 2.52. The molecular formula is C29H31OPS. The molecule has 0 aromatic heterocycles. The smallest absolute Gasteiger partial charge is 0.122 e. The first-order chi connectivity index (χ1) is 15.7. The standard InChI is InChI=1S/C29H31OPS/c30-29(26-16-6-2-7-17-26,27-18-8-3-9-19-27)28(22-31,20-24-12-10-11-13-24)23-32-21-25-14-4-1-5-15-25/h1-12,14-19,30H,13,20-23,31H2. The van der Waals surface area contributed by atoms with Crippen LogP contribution in [0.25, 0.3) is 0 Å². The summed E-state index contributed by atoms with van der Waals surface area (Å²) in [6, 6.07) is 31.1. The molecule has 0 saturated carbocycles. The number of aliphatic hydroxyl groups is 1. The van der Waals surface area contributed by atoms with Crippen molar-refractivity contribution in [3.05, 3.63) is 131 Å². The van der Waals surface area contributed by atoms with Gasteiger partial charge in [-0.05, 0) is 35.7 Å². The van der Waals surface area contributed by atoms with Gasteiger partial charge < -0.3 is 5.11 Å². The maximum absolute atomic E-state index is 12.7. The van der Waals surface area contributed by atoms with E-state index in [2.05, 4.69) is 82.1 Å². The predicted molar refractivity (Wildman–Crippen MR) is 142 cm³/mol. The third kappa shape index (κ3) is 4.79. The largest absolute Gasteiger partial charge is 0.380 e. The third-order valence-corrected chi connectivity index (χ3v) is 8.52. The maximum atomic E-state index is 12.7. The number of hydrogen-bond donors (Lipinski definition) is 1. The van der Waals surface area contributed by atoms with Crippen molar-refractivity contribution in [3.8, 4) is 0 Å². The van der Waals surface area contributed by atoms with Crippen LogP contribution in [0.4, 0.5) is 0 Å². The molecule has 1 aliphatic carbocycles. The van der Waals surface area contributed by atoms with E-state index < -0.39 is 5.60 Å². The Morgan fingerprint density at radius 3 is 1.88 bits per heavy atom. The quantitative estimate of drug-likeness (QED) is 0.330. The zero-order valence-electron chi connectivity index (χ0n) is 18.4. The fourth-order valence-electron chi connectivity index (χ4n) is 4.70. The summed E-state index contributed by atoms with van der Waals surface area (Å²) in [5.74, 6) is 1.78. The summed E-state index contributed by atoms with van der Waals surface area (Å²) in [7, 11) is 2.97. The summed E-state index contributed by atoms with van der Waals surface area (Å²) < 4.78 is 0. The molecule has 3 aromatic carbocycles. The number of hydrogen-bond acceptors (Lipinski definition) is 2. The Morgan fingerprint density at radius 1 is 0.812 bits per heavy atom. The molecule has 0 fully saturated rings. The van der Waals surface area contributed by atoms with E-state index in [9.17, 15) is 5.11 Å². The zero-order valence-corrected chi connectivity index (χ0v) is 20.3. The Hall–Kier alpha value is -2.12. The van der Waals surface area contributed by atoms with Crippen LogP contribution in [0.15, 0.2) is 115 Å². The van der Waals surface area contributed by atoms with Gasteiger partial charge in [0, 0.05) is 16.9 Å². The molecule has 1 nitrogen and oxygen atoms in total. The van der Waals surface area contributed by atoms with Crippen LogP contribution in [0, 0.1) is 5.41 Å². The van der Waals surface area contributed by atoms with Gasteiger partial charge in [-0.3, -0.25) is 0 Å². The van der Waals surface area contributed by atoms with E-state index in [-0.39, 0.29) is 5.41 Å². The topological polar surface area (TPSA) is 20.2 Å². The van der Waals surface area contributed by atoms with E-state index in [1.54, 1.807) is 0 Å². The normalized spacial score (nSPS) is 15.4. The minimum Gasteiger partial charge on any atom is -0.380 e. The average Bonchev–Trinajstić information content (AvgIpc) is 3.37. The van der Waals surface area contributed by atoms with Gasteiger partial charge in [0.05, 0.1) is 0 Å². The van der Waals surface area contributed by atoms with E-state index >= 15 is 0 Å². The summed E-state index contributed by atoms with van der Waals surface area (Å²) in [5.41, 5.74) is 3.14. The highest BCUT2D eigenvalue weighted by Gasteiger charge is 2.51. The molecule has 0 heterocycles. The van der Waals surface area contributed by atoms with Crippen molar-refractivity contribution >= 4 is 21.0 Å². The minimum absolute atomic E-state index is 0.377. The van der Waals surface area contributed by atoms with Crippen LogP contribution in [0.3, 0.4) is 0 Å². The van der Waals surface area contributed by atoms with Crippen molar-refractivity contribution in [2.45, 2.75) is 24.2 Å². The van der Waals surface area contributed by atoms with Gasteiger partial charge >= 0.3 is 0 Å². The molecule has 0 radical (unpaired) electrons. The third-order valence-electron chi connectivity index (χ3n) is 6.44. The Kier molecular flexibility index (Phi) is 7.68. The molecule has 0 spiro atoms. The van der Waals surface area contributed by atoms with Crippen molar-refractivity contribution in [2.75, 3.05) is 11.9 Å². The Morgan fingerprint density at radius 2 is 1.38 bits per heavy atom. The SMILES string of the molecule is OC(c1ccccc1)(c1ccccc1)C(CP)(CSCc1ccccc1)CC1=CC=CC1. The lowest BCUT2D eigenvalue weighted by Crippen LogP contribution is -2.50. The van der Waals surface area contributed by atoms with Crippen molar-refractivity contribution < 1.29 is 5.11 Å². The molecule has 1 N–H and O–H groups in total. The molecule has 0 saturated heterocycles. The van der Waals surface area contributed by atoms with Gasteiger partial charge in [0.2, 0.25) is 0 Å². The van der Waals surface area contributed by atoms with Gasteiger partial charge in [0.1, 0.15) is 5.60 Å². The highest BCUT2D eigenvalue weighted by atomic mass is 32.2. The van der Waals surface area contributed by atoms with Crippen LogP contribution in [-0.2, 0) is 11.4 Å². The van der Waals surface area contributed by atoms with Crippen molar-refractivity contribution in [2.24, 2.45) is 5.41 Å².